The molecule has 0 N–H and O–H groups in total. The molecular formula is C19H32O2. The molecule has 1 saturated carbocycles. The van der Waals surface area contributed by atoms with Crippen molar-refractivity contribution in [1.29, 1.82) is 0 Å². The normalized spacial score (nSPS) is 29.0. The van der Waals surface area contributed by atoms with E-state index in [0.29, 0.717) is 12.7 Å². The van der Waals surface area contributed by atoms with Gasteiger partial charge in [-0.05, 0) is 62.9 Å². The van der Waals surface area contributed by atoms with Crippen molar-refractivity contribution in [3.63, 3.8) is 0 Å². The van der Waals surface area contributed by atoms with Crippen LogP contribution in [0.25, 0.3) is 0 Å². The minimum atomic E-state index is -0.0913. The van der Waals surface area contributed by atoms with E-state index in [1.54, 1.807) is 0 Å². The summed E-state index contributed by atoms with van der Waals surface area (Å²) < 4.78 is 11.9. The lowest BCUT2D eigenvalue weighted by Gasteiger charge is -2.33. The molecule has 2 rings (SSSR count). The number of ether oxygens (including phenoxy) is 2. The Bertz CT molecular complexity index is 351. The van der Waals surface area contributed by atoms with Gasteiger partial charge in [-0.25, -0.2) is 0 Å². The largest absolute Gasteiger partial charge is 0.350 e. The summed E-state index contributed by atoms with van der Waals surface area (Å²) in [6.45, 7) is 7.41. The van der Waals surface area contributed by atoms with E-state index in [4.69, 9.17) is 9.47 Å². The van der Waals surface area contributed by atoms with Crippen molar-refractivity contribution in [2.24, 2.45) is 11.8 Å². The molecule has 0 aliphatic heterocycles. The summed E-state index contributed by atoms with van der Waals surface area (Å²) >= 11 is 0. The Labute approximate surface area is 130 Å². The summed E-state index contributed by atoms with van der Waals surface area (Å²) in [6, 6.07) is 0. The van der Waals surface area contributed by atoms with Gasteiger partial charge < -0.3 is 9.47 Å². The Balaban J connectivity index is 1.63. The molecule has 2 aliphatic rings. The van der Waals surface area contributed by atoms with Crippen LogP contribution >= 0.6 is 0 Å². The second-order valence-corrected chi connectivity index (χ2v) is 6.70. The van der Waals surface area contributed by atoms with Gasteiger partial charge in [0.25, 0.3) is 0 Å². The molecule has 21 heavy (non-hydrogen) atoms. The van der Waals surface area contributed by atoms with Crippen LogP contribution in [0.15, 0.2) is 23.8 Å². The van der Waals surface area contributed by atoms with Gasteiger partial charge in [0.1, 0.15) is 0 Å². The van der Waals surface area contributed by atoms with E-state index in [1.807, 2.05) is 6.92 Å². The summed E-state index contributed by atoms with van der Waals surface area (Å²) in [5, 5.41) is 0. The van der Waals surface area contributed by atoms with E-state index in [9.17, 15) is 0 Å². The fourth-order valence-corrected chi connectivity index (χ4v) is 3.43. The van der Waals surface area contributed by atoms with Gasteiger partial charge in [0.2, 0.25) is 0 Å². The first-order valence-corrected chi connectivity index (χ1v) is 8.81. The fourth-order valence-electron chi connectivity index (χ4n) is 3.43. The highest BCUT2D eigenvalue weighted by Crippen LogP contribution is 2.33. The average Bonchev–Trinajstić information content (AvgIpc) is 2.54. The highest BCUT2D eigenvalue weighted by Gasteiger charge is 2.25. The molecule has 0 heterocycles. The Hall–Kier alpha value is -0.600. The predicted octanol–water partition coefficient (Wildman–Crippen LogP) is 5.25. The van der Waals surface area contributed by atoms with Gasteiger partial charge in [0, 0.05) is 0 Å². The third kappa shape index (κ3) is 5.60. The van der Waals surface area contributed by atoms with Crippen LogP contribution in [0, 0.1) is 11.8 Å². The first kappa shape index (κ1) is 16.8. The highest BCUT2D eigenvalue weighted by atomic mass is 16.7. The molecule has 2 heteroatoms. The van der Waals surface area contributed by atoms with Crippen molar-refractivity contribution in [2.45, 2.75) is 78.1 Å². The van der Waals surface area contributed by atoms with Crippen molar-refractivity contribution in [3.05, 3.63) is 23.8 Å². The van der Waals surface area contributed by atoms with E-state index in [1.165, 1.54) is 37.7 Å². The summed E-state index contributed by atoms with van der Waals surface area (Å²) in [4.78, 5) is 0. The molecule has 120 valence electrons. The van der Waals surface area contributed by atoms with Gasteiger partial charge in [-0.3, -0.25) is 0 Å². The van der Waals surface area contributed by atoms with Gasteiger partial charge in [-0.1, -0.05) is 38.5 Å². The Kier molecular flexibility index (Phi) is 6.98. The van der Waals surface area contributed by atoms with Gasteiger partial charge in [-0.2, -0.15) is 0 Å². The number of hydrogen-bond acceptors (Lipinski definition) is 2. The van der Waals surface area contributed by atoms with Crippen LogP contribution < -0.4 is 0 Å². The molecule has 0 aromatic carbocycles. The summed E-state index contributed by atoms with van der Waals surface area (Å²) in [7, 11) is 0. The predicted molar refractivity (Wildman–Crippen MR) is 88.2 cm³/mol. The van der Waals surface area contributed by atoms with Crippen LogP contribution in [-0.4, -0.2) is 19.0 Å². The van der Waals surface area contributed by atoms with Crippen molar-refractivity contribution < 1.29 is 9.47 Å². The molecule has 2 unspecified atom stereocenters. The lowest BCUT2D eigenvalue weighted by atomic mass is 9.79. The number of hydrogen-bond donors (Lipinski definition) is 0. The molecule has 0 spiro atoms. The van der Waals surface area contributed by atoms with Crippen LogP contribution in [0.3, 0.4) is 0 Å². The van der Waals surface area contributed by atoms with Gasteiger partial charge in [-0.15, -0.1) is 0 Å². The van der Waals surface area contributed by atoms with Crippen molar-refractivity contribution in [2.75, 3.05) is 6.61 Å². The topological polar surface area (TPSA) is 18.5 Å². The summed E-state index contributed by atoms with van der Waals surface area (Å²) in [6.07, 6.45) is 15.6. The zero-order chi connectivity index (χ0) is 15.1. The van der Waals surface area contributed by atoms with Gasteiger partial charge >= 0.3 is 0 Å². The Morgan fingerprint density at radius 1 is 1.14 bits per heavy atom. The standard InChI is InChI=1S/C19H32O2/c1-4-15(2)18-10-12-19(13-11-18)21-16(3)20-14-17-8-6-5-7-9-17/h6,8-9,15-16,18-19H,4-5,7,10-14H2,1-3H3. The van der Waals surface area contributed by atoms with Crippen LogP contribution in [0.2, 0.25) is 0 Å². The smallest absolute Gasteiger partial charge is 0.155 e. The van der Waals surface area contributed by atoms with Crippen molar-refractivity contribution in [1.82, 2.24) is 0 Å². The third-order valence-corrected chi connectivity index (χ3v) is 5.11. The Morgan fingerprint density at radius 2 is 1.90 bits per heavy atom. The van der Waals surface area contributed by atoms with E-state index < -0.39 is 0 Å². The lowest BCUT2D eigenvalue weighted by Crippen LogP contribution is -2.29. The molecule has 0 aromatic heterocycles. The first-order chi connectivity index (χ1) is 10.2. The van der Waals surface area contributed by atoms with Crippen molar-refractivity contribution >= 4 is 0 Å². The SMILES string of the molecule is CCC(C)C1CCC(OC(C)OCC2=CCCC=C2)CC1. The maximum absolute atomic E-state index is 6.07. The minimum Gasteiger partial charge on any atom is -0.350 e. The summed E-state index contributed by atoms with van der Waals surface area (Å²) in [5.74, 6) is 1.77. The number of rotatable bonds is 7. The van der Waals surface area contributed by atoms with Crippen LogP contribution in [0.4, 0.5) is 0 Å². The lowest BCUT2D eigenvalue weighted by molar-refractivity contribution is -0.163. The first-order valence-electron chi connectivity index (χ1n) is 8.81. The van der Waals surface area contributed by atoms with E-state index in [0.717, 1.165) is 24.7 Å². The van der Waals surface area contributed by atoms with Crippen LogP contribution in [-0.2, 0) is 9.47 Å². The molecule has 2 aliphatic carbocycles. The van der Waals surface area contributed by atoms with Crippen LogP contribution in [0.1, 0.15) is 65.7 Å². The van der Waals surface area contributed by atoms with E-state index >= 15 is 0 Å². The molecule has 1 fully saturated rings. The molecule has 0 amide bonds. The molecule has 0 aromatic rings. The second kappa shape index (κ2) is 8.75. The molecule has 0 bridgehead atoms. The maximum atomic E-state index is 6.07. The quantitative estimate of drug-likeness (QED) is 0.597. The molecule has 2 nitrogen and oxygen atoms in total. The minimum absolute atomic E-state index is 0.0913. The fraction of sp³-hybridized carbons (Fsp3) is 0.789. The summed E-state index contributed by atoms with van der Waals surface area (Å²) in [5.41, 5.74) is 1.29. The molecule has 0 radical (unpaired) electrons. The van der Waals surface area contributed by atoms with E-state index in [2.05, 4.69) is 32.1 Å². The average molecular weight is 292 g/mol. The van der Waals surface area contributed by atoms with Gasteiger partial charge in [0.15, 0.2) is 6.29 Å². The number of allylic oxidation sites excluding steroid dienone is 2. The Morgan fingerprint density at radius 3 is 2.52 bits per heavy atom. The zero-order valence-electron chi connectivity index (χ0n) is 14.0. The monoisotopic (exact) mass is 292 g/mol. The molecular weight excluding hydrogens is 260 g/mol. The van der Waals surface area contributed by atoms with E-state index in [-0.39, 0.29) is 6.29 Å². The third-order valence-electron chi connectivity index (χ3n) is 5.11. The molecule has 2 atom stereocenters. The van der Waals surface area contributed by atoms with Gasteiger partial charge in [0.05, 0.1) is 12.7 Å². The second-order valence-electron chi connectivity index (χ2n) is 6.70. The highest BCUT2D eigenvalue weighted by molar-refractivity contribution is 5.22. The zero-order valence-corrected chi connectivity index (χ0v) is 14.0. The van der Waals surface area contributed by atoms with Crippen molar-refractivity contribution in [3.8, 4) is 0 Å². The molecule has 0 saturated heterocycles. The van der Waals surface area contributed by atoms with Crippen LogP contribution in [0.5, 0.6) is 0 Å². The maximum Gasteiger partial charge on any atom is 0.155 e.